The third-order valence-electron chi connectivity index (χ3n) is 4.91. The number of fused-ring (bicyclic) bond motifs is 1. The van der Waals surface area contributed by atoms with Crippen LogP contribution in [0.3, 0.4) is 0 Å². The fourth-order valence-corrected chi connectivity index (χ4v) is 5.11. The van der Waals surface area contributed by atoms with Gasteiger partial charge in [0.05, 0.1) is 23.1 Å². The van der Waals surface area contributed by atoms with Gasteiger partial charge in [-0.05, 0) is 49.2 Å². The van der Waals surface area contributed by atoms with Gasteiger partial charge in [0.15, 0.2) is 11.1 Å². The molecule has 3 aromatic rings. The van der Waals surface area contributed by atoms with Gasteiger partial charge in [-0.15, -0.1) is 0 Å². The lowest BCUT2D eigenvalue weighted by Gasteiger charge is -2.21. The van der Waals surface area contributed by atoms with E-state index in [1.54, 1.807) is 37.6 Å². The summed E-state index contributed by atoms with van der Waals surface area (Å²) in [6.45, 7) is 1.67. The molecular weight excluding hydrogens is 384 g/mol. The molecule has 0 saturated carbocycles. The van der Waals surface area contributed by atoms with Crippen LogP contribution < -0.4 is 14.6 Å². The van der Waals surface area contributed by atoms with Crippen molar-refractivity contribution in [2.75, 3.05) is 25.1 Å². The highest BCUT2D eigenvalue weighted by atomic mass is 35.5. The van der Waals surface area contributed by atoms with Crippen molar-refractivity contribution in [2.24, 2.45) is 0 Å². The van der Waals surface area contributed by atoms with Crippen LogP contribution in [0.1, 0.15) is 12.8 Å². The van der Waals surface area contributed by atoms with Gasteiger partial charge < -0.3 is 9.64 Å². The van der Waals surface area contributed by atoms with Crippen molar-refractivity contribution in [1.82, 2.24) is 0 Å². The first kappa shape index (κ1) is 18.1. The Bertz CT molecular complexity index is 1090. The maximum atomic E-state index is 13.4. The fraction of sp³-hybridized carbons (Fsp3) is 0.250. The minimum absolute atomic E-state index is 0.225. The zero-order chi connectivity index (χ0) is 19.0. The van der Waals surface area contributed by atoms with E-state index >= 15 is 0 Å². The van der Waals surface area contributed by atoms with Gasteiger partial charge >= 0.3 is 0 Å². The highest BCUT2D eigenvalue weighted by Crippen LogP contribution is 2.37. The summed E-state index contributed by atoms with van der Waals surface area (Å²) in [6.07, 6.45) is 3.68. The smallest absolute Gasteiger partial charge is 0.214 e. The molecule has 0 unspecified atom stereocenters. The van der Waals surface area contributed by atoms with Crippen molar-refractivity contribution in [3.05, 3.63) is 53.7 Å². The predicted molar refractivity (Wildman–Crippen MR) is 105 cm³/mol. The molecule has 1 N–H and O–H groups in total. The van der Waals surface area contributed by atoms with Gasteiger partial charge in [-0.25, -0.2) is 13.4 Å². The number of aromatic nitrogens is 1. The summed E-state index contributed by atoms with van der Waals surface area (Å²) in [6, 6.07) is 11.9. The predicted octanol–water partition coefficient (Wildman–Crippen LogP) is 3.75. The molecule has 2 heterocycles. The van der Waals surface area contributed by atoms with Crippen LogP contribution >= 0.6 is 11.6 Å². The summed E-state index contributed by atoms with van der Waals surface area (Å²) < 4.78 is 32.2. The lowest BCUT2D eigenvalue weighted by atomic mass is 10.1. The van der Waals surface area contributed by atoms with Gasteiger partial charge in [0.25, 0.3) is 0 Å². The number of halogens is 1. The van der Waals surface area contributed by atoms with E-state index in [9.17, 15) is 8.42 Å². The number of pyridine rings is 1. The number of ether oxygens (including phenoxy) is 1. The van der Waals surface area contributed by atoms with Crippen molar-refractivity contribution in [2.45, 2.75) is 22.6 Å². The molecule has 0 bridgehead atoms. The number of H-pyrrole nitrogens is 1. The van der Waals surface area contributed by atoms with Crippen LogP contribution in [0, 0.1) is 0 Å². The molecular formula is C20H20ClN2O3S+. The van der Waals surface area contributed by atoms with Crippen LogP contribution in [0.4, 0.5) is 5.69 Å². The van der Waals surface area contributed by atoms with Crippen LogP contribution in [0.25, 0.3) is 10.9 Å². The Morgan fingerprint density at radius 1 is 1.07 bits per heavy atom. The van der Waals surface area contributed by atoms with Gasteiger partial charge in [0.1, 0.15) is 5.75 Å². The lowest BCUT2D eigenvalue weighted by molar-refractivity contribution is -0.347. The van der Waals surface area contributed by atoms with Gasteiger partial charge in [-0.3, -0.25) is 0 Å². The van der Waals surface area contributed by atoms with Crippen molar-refractivity contribution >= 4 is 38.0 Å². The maximum Gasteiger partial charge on any atom is 0.214 e. The Morgan fingerprint density at radius 3 is 2.44 bits per heavy atom. The molecule has 140 valence electrons. The number of sulfone groups is 1. The van der Waals surface area contributed by atoms with E-state index in [1.165, 1.54) is 0 Å². The maximum absolute atomic E-state index is 13.4. The molecule has 5 nitrogen and oxygen atoms in total. The van der Waals surface area contributed by atoms with Crippen molar-refractivity contribution in [3.63, 3.8) is 0 Å². The van der Waals surface area contributed by atoms with E-state index in [4.69, 9.17) is 16.3 Å². The first-order valence-corrected chi connectivity index (χ1v) is 10.6. The second-order valence-electron chi connectivity index (χ2n) is 6.56. The van der Waals surface area contributed by atoms with Crippen LogP contribution in [0.15, 0.2) is 58.5 Å². The molecule has 1 aromatic heterocycles. The van der Waals surface area contributed by atoms with Crippen LogP contribution in [0.5, 0.6) is 5.75 Å². The number of benzene rings is 2. The second kappa shape index (κ2) is 7.02. The van der Waals surface area contributed by atoms with Crippen LogP contribution in [0.2, 0.25) is 5.02 Å². The molecule has 7 heteroatoms. The largest absolute Gasteiger partial charge is 0.497 e. The van der Waals surface area contributed by atoms with Gasteiger partial charge in [-0.1, -0.05) is 11.6 Å². The van der Waals surface area contributed by atoms with Crippen LogP contribution in [-0.2, 0) is 9.84 Å². The normalized spacial score (nSPS) is 14.7. The summed E-state index contributed by atoms with van der Waals surface area (Å²) in [5.74, 6) is 0.692. The number of nitrogens with one attached hydrogen (secondary N) is 1. The first-order chi connectivity index (χ1) is 13.0. The Morgan fingerprint density at radius 2 is 1.78 bits per heavy atom. The molecule has 2 aromatic carbocycles. The van der Waals surface area contributed by atoms with Crippen molar-refractivity contribution < 1.29 is 18.1 Å². The standard InChI is InChI=1S/C20H19ClN2O3S/c1-26-15-6-9-18-17(12-15)20(23-10-2-3-11-23)19(13-22-18)27(24,25)16-7-4-14(21)5-8-16/h4-9,12-13H,2-3,10-11H2,1H3/p+1. The second-order valence-corrected chi connectivity index (χ2v) is 8.92. The quantitative estimate of drug-likeness (QED) is 0.665. The average Bonchev–Trinajstić information content (AvgIpc) is 3.21. The molecule has 0 amide bonds. The van der Waals surface area contributed by atoms with Crippen LogP contribution in [-0.4, -0.2) is 28.6 Å². The van der Waals surface area contributed by atoms with E-state index in [1.807, 2.05) is 18.2 Å². The molecule has 4 rings (SSSR count). The number of anilines is 1. The fourth-order valence-electron chi connectivity index (χ4n) is 3.53. The van der Waals surface area contributed by atoms with E-state index in [-0.39, 0.29) is 9.79 Å². The average molecular weight is 404 g/mol. The minimum Gasteiger partial charge on any atom is -0.497 e. The number of methoxy groups -OCH3 is 1. The van der Waals surface area contributed by atoms with Gasteiger partial charge in [0.2, 0.25) is 15.4 Å². The number of aromatic amines is 1. The highest BCUT2D eigenvalue weighted by Gasteiger charge is 2.30. The SMILES string of the molecule is COc1ccc2[nH+]cc(S(=O)(=O)c3ccc(Cl)cc3)c(N3CCCC3)c2c1. The first-order valence-electron chi connectivity index (χ1n) is 8.79. The van der Waals surface area contributed by atoms with Gasteiger partial charge in [-0.2, -0.15) is 0 Å². The summed E-state index contributed by atoms with van der Waals surface area (Å²) in [5.41, 5.74) is 1.60. The number of hydrogen-bond acceptors (Lipinski definition) is 4. The third kappa shape index (κ3) is 3.24. The van der Waals surface area contributed by atoms with E-state index in [0.717, 1.165) is 42.5 Å². The Hall–Kier alpha value is -2.31. The summed E-state index contributed by atoms with van der Waals surface area (Å²) in [4.78, 5) is 5.78. The van der Waals surface area contributed by atoms with E-state index in [2.05, 4.69) is 9.88 Å². The Kier molecular flexibility index (Phi) is 4.70. The molecule has 0 radical (unpaired) electrons. The molecule has 0 spiro atoms. The Balaban J connectivity index is 1.99. The number of rotatable bonds is 4. The zero-order valence-corrected chi connectivity index (χ0v) is 16.5. The van der Waals surface area contributed by atoms with E-state index in [0.29, 0.717) is 10.8 Å². The number of hydrogen-bond donors (Lipinski definition) is 0. The summed E-state index contributed by atoms with van der Waals surface area (Å²) >= 11 is 5.93. The molecule has 1 aliphatic heterocycles. The molecule has 0 aliphatic carbocycles. The molecule has 1 aliphatic rings. The highest BCUT2D eigenvalue weighted by molar-refractivity contribution is 7.91. The summed E-state index contributed by atoms with van der Waals surface area (Å²) in [7, 11) is -2.10. The van der Waals surface area contributed by atoms with Crippen molar-refractivity contribution in [3.8, 4) is 5.75 Å². The minimum atomic E-state index is -3.71. The van der Waals surface area contributed by atoms with Gasteiger partial charge in [0, 0.05) is 24.2 Å². The number of nitrogens with zero attached hydrogens (tertiary/aromatic N) is 1. The molecule has 1 fully saturated rings. The monoisotopic (exact) mass is 403 g/mol. The zero-order valence-electron chi connectivity index (χ0n) is 14.9. The summed E-state index contributed by atoms with van der Waals surface area (Å²) in [5, 5.41) is 1.34. The molecule has 1 saturated heterocycles. The topological polar surface area (TPSA) is 60.8 Å². The molecule has 0 atom stereocenters. The molecule has 27 heavy (non-hydrogen) atoms. The van der Waals surface area contributed by atoms with E-state index < -0.39 is 9.84 Å². The third-order valence-corrected chi connectivity index (χ3v) is 6.94. The van der Waals surface area contributed by atoms with Crippen molar-refractivity contribution in [1.29, 1.82) is 0 Å². The lowest BCUT2D eigenvalue weighted by Crippen LogP contribution is -2.23. The Labute approximate surface area is 163 Å².